The van der Waals surface area contributed by atoms with Gasteiger partial charge in [-0.15, -0.1) is 0 Å². The highest BCUT2D eigenvalue weighted by atomic mass is 79.9. The maximum Gasteiger partial charge on any atom is 0.236 e. The first-order valence-electron chi connectivity index (χ1n) is 9.69. The fourth-order valence-corrected chi connectivity index (χ4v) is 4.40. The molecule has 10 heteroatoms. The molecule has 2 atom stereocenters. The van der Waals surface area contributed by atoms with Gasteiger partial charge in [0.05, 0.1) is 13.2 Å². The van der Waals surface area contributed by atoms with Crippen molar-refractivity contribution in [1.82, 2.24) is 0 Å². The van der Waals surface area contributed by atoms with Crippen LogP contribution in [0.5, 0.6) is 11.5 Å². The largest absolute Gasteiger partial charge is 0.508 e. The number of rotatable bonds is 8. The summed E-state index contributed by atoms with van der Waals surface area (Å²) >= 11 is 6.54. The molecular formula is C21H32Br2O6P2. The molecule has 0 aliphatic rings. The Labute approximate surface area is 202 Å². The molecule has 0 aromatic heterocycles. The molecular weight excluding hydrogens is 570 g/mol. The Balaban J connectivity index is 0.000000477. The molecule has 0 heterocycles. The molecule has 0 amide bonds. The smallest absolute Gasteiger partial charge is 0.236 e. The quantitative estimate of drug-likeness (QED) is 0.310. The molecule has 2 unspecified atom stereocenters. The van der Waals surface area contributed by atoms with Crippen LogP contribution in [0.2, 0.25) is 0 Å². The average Bonchev–Trinajstić information content (AvgIpc) is 2.67. The normalized spacial score (nSPS) is 14.0. The summed E-state index contributed by atoms with van der Waals surface area (Å²) in [6.45, 7) is 9.78. The Hall–Kier alpha value is -0.620. The van der Waals surface area contributed by atoms with E-state index in [1.807, 2.05) is 51.1 Å². The molecule has 0 aliphatic carbocycles. The van der Waals surface area contributed by atoms with Crippen LogP contribution in [0.3, 0.4) is 0 Å². The molecule has 176 valence electrons. The van der Waals surface area contributed by atoms with Crippen molar-refractivity contribution in [3.05, 3.63) is 57.5 Å². The van der Waals surface area contributed by atoms with Crippen molar-refractivity contribution in [3.8, 4) is 11.5 Å². The molecule has 0 saturated carbocycles. The lowest BCUT2D eigenvalue weighted by molar-refractivity contribution is 0.297. The van der Waals surface area contributed by atoms with E-state index in [4.69, 9.17) is 18.9 Å². The third kappa shape index (κ3) is 16.6. The van der Waals surface area contributed by atoms with Crippen LogP contribution in [0, 0.1) is 0 Å². The van der Waals surface area contributed by atoms with Crippen molar-refractivity contribution < 1.29 is 28.0 Å². The van der Waals surface area contributed by atoms with E-state index in [-0.39, 0.29) is 6.35 Å². The predicted molar refractivity (Wildman–Crippen MR) is 136 cm³/mol. The predicted octanol–water partition coefficient (Wildman–Crippen LogP) is 7.84. The highest BCUT2D eigenvalue weighted by molar-refractivity contribution is 9.10. The summed E-state index contributed by atoms with van der Waals surface area (Å²) in [6.07, 6.45) is 0.748. The fourth-order valence-electron chi connectivity index (χ4n) is 1.90. The van der Waals surface area contributed by atoms with Crippen LogP contribution >= 0.6 is 46.6 Å². The molecule has 0 saturated heterocycles. The van der Waals surface area contributed by atoms with Gasteiger partial charge in [0.25, 0.3) is 0 Å². The van der Waals surface area contributed by atoms with Crippen molar-refractivity contribution in [3.63, 3.8) is 0 Å². The van der Waals surface area contributed by atoms with Crippen LogP contribution in [-0.2, 0) is 18.2 Å². The summed E-state index contributed by atoms with van der Waals surface area (Å²) in [6, 6.07) is 14.3. The Morgan fingerprint density at radius 2 is 1.35 bits per heavy atom. The highest BCUT2D eigenvalue weighted by Crippen LogP contribution is 2.42. The topological polar surface area (TPSA) is 82.1 Å². The zero-order valence-electron chi connectivity index (χ0n) is 18.6. The average molecular weight is 602 g/mol. The number of halogens is 2. The van der Waals surface area contributed by atoms with Gasteiger partial charge >= 0.3 is 0 Å². The van der Waals surface area contributed by atoms with Gasteiger partial charge < -0.3 is 18.9 Å². The maximum atomic E-state index is 11.7. The molecule has 0 spiro atoms. The number of hydrogen-bond donors (Lipinski definition) is 1. The van der Waals surface area contributed by atoms with E-state index in [0.29, 0.717) is 30.9 Å². The zero-order chi connectivity index (χ0) is 23.9. The lowest BCUT2D eigenvalue weighted by Gasteiger charge is -2.13. The van der Waals surface area contributed by atoms with Gasteiger partial charge in [0, 0.05) is 28.4 Å². The molecule has 0 radical (unpaired) electrons. The first-order chi connectivity index (χ1) is 14.4. The van der Waals surface area contributed by atoms with Gasteiger partial charge in [0.15, 0.2) is 13.7 Å². The third-order valence-electron chi connectivity index (χ3n) is 3.45. The minimum atomic E-state index is -2.61. The van der Waals surface area contributed by atoms with E-state index in [1.165, 1.54) is 0 Å². The molecule has 2 rings (SSSR count). The Bertz CT molecular complexity index is 846. The maximum absolute atomic E-state index is 11.7. The SMILES string of the molecule is CCOP(C)(=O)CC.CCOP(C)(=O)COc1cccc(Br)c1.Oc1cccc(Br)c1. The Morgan fingerprint density at radius 3 is 1.74 bits per heavy atom. The van der Waals surface area contributed by atoms with Crippen LogP contribution in [0.15, 0.2) is 57.5 Å². The summed E-state index contributed by atoms with van der Waals surface area (Å²) in [5.74, 6) is 0.977. The van der Waals surface area contributed by atoms with Crippen LogP contribution in [0.1, 0.15) is 20.8 Å². The molecule has 31 heavy (non-hydrogen) atoms. The minimum absolute atomic E-state index is 0.108. The molecule has 2 aromatic rings. The number of phenolic OH excluding ortho intramolecular Hbond substituents is 1. The molecule has 6 nitrogen and oxygen atoms in total. The van der Waals surface area contributed by atoms with Gasteiger partial charge in [0.1, 0.15) is 11.5 Å². The summed E-state index contributed by atoms with van der Waals surface area (Å²) in [5.41, 5.74) is 0. The lowest BCUT2D eigenvalue weighted by atomic mass is 10.3. The van der Waals surface area contributed by atoms with E-state index >= 15 is 0 Å². The van der Waals surface area contributed by atoms with E-state index in [9.17, 15) is 9.13 Å². The summed E-state index contributed by atoms with van der Waals surface area (Å²) in [4.78, 5) is 0. The zero-order valence-corrected chi connectivity index (χ0v) is 23.5. The fraction of sp³-hybridized carbons (Fsp3) is 0.429. The van der Waals surface area contributed by atoms with Crippen molar-refractivity contribution >= 4 is 46.6 Å². The van der Waals surface area contributed by atoms with Gasteiger partial charge in [-0.05, 0) is 50.2 Å². The molecule has 1 N–H and O–H groups in total. The number of benzene rings is 2. The Morgan fingerprint density at radius 1 is 0.839 bits per heavy atom. The molecule has 0 fully saturated rings. The second-order valence-corrected chi connectivity index (χ2v) is 13.7. The van der Waals surface area contributed by atoms with Crippen LogP contribution in [0.25, 0.3) is 0 Å². The van der Waals surface area contributed by atoms with Gasteiger partial charge in [-0.3, -0.25) is 9.13 Å². The second-order valence-electron chi connectivity index (χ2n) is 6.39. The molecule has 2 aromatic carbocycles. The number of hydrogen-bond acceptors (Lipinski definition) is 6. The van der Waals surface area contributed by atoms with Crippen LogP contribution in [-0.4, -0.2) is 44.2 Å². The second kappa shape index (κ2) is 16.1. The highest BCUT2D eigenvalue weighted by Gasteiger charge is 2.15. The standard InChI is InChI=1S/C10H14BrO3P.C6H5BrO.C5H13O2P/c1-3-14-15(2,12)8-13-10-6-4-5-9(11)7-10;7-5-2-1-3-6(8)4-5;1-4-7-8(3,6)5-2/h4-7H,3,8H2,1-2H3;1-4,8H;4-5H2,1-3H3. The number of phenols is 1. The lowest BCUT2D eigenvalue weighted by Crippen LogP contribution is -2.01. The van der Waals surface area contributed by atoms with Crippen molar-refractivity contribution in [2.24, 2.45) is 0 Å². The summed E-state index contributed by atoms with van der Waals surface area (Å²) in [5, 5.41) is 8.78. The van der Waals surface area contributed by atoms with Crippen LogP contribution < -0.4 is 4.74 Å². The third-order valence-corrected chi connectivity index (χ3v) is 7.79. The monoisotopic (exact) mass is 600 g/mol. The van der Waals surface area contributed by atoms with Crippen molar-refractivity contribution in [2.45, 2.75) is 20.8 Å². The van der Waals surface area contributed by atoms with E-state index in [2.05, 4.69) is 31.9 Å². The van der Waals surface area contributed by atoms with Crippen LogP contribution in [0.4, 0.5) is 0 Å². The van der Waals surface area contributed by atoms with Gasteiger partial charge in [-0.25, -0.2) is 0 Å². The minimum Gasteiger partial charge on any atom is -0.508 e. The van der Waals surface area contributed by atoms with Gasteiger partial charge in [0.2, 0.25) is 7.37 Å². The molecule has 0 bridgehead atoms. The summed E-state index contributed by atoms with van der Waals surface area (Å²) in [7, 11) is -4.78. The van der Waals surface area contributed by atoms with E-state index < -0.39 is 14.7 Å². The first kappa shape index (κ1) is 30.4. The van der Waals surface area contributed by atoms with Gasteiger partial charge in [-0.2, -0.15) is 0 Å². The van der Waals surface area contributed by atoms with Crippen molar-refractivity contribution in [1.29, 1.82) is 0 Å². The number of ether oxygens (including phenoxy) is 1. The number of aromatic hydroxyl groups is 1. The van der Waals surface area contributed by atoms with Gasteiger partial charge in [-0.1, -0.05) is 50.9 Å². The first-order valence-corrected chi connectivity index (χ1v) is 15.8. The molecule has 0 aliphatic heterocycles. The summed E-state index contributed by atoms with van der Waals surface area (Å²) < 4.78 is 39.9. The van der Waals surface area contributed by atoms with Crippen molar-refractivity contribution in [2.75, 3.05) is 39.1 Å². The Kier molecular flexibility index (Phi) is 15.7. The van der Waals surface area contributed by atoms with E-state index in [1.54, 1.807) is 31.5 Å². The van der Waals surface area contributed by atoms with E-state index in [0.717, 1.165) is 8.95 Å².